The Hall–Kier alpha value is -3.10. The zero-order valence-electron chi connectivity index (χ0n) is 15.3. The number of carbonyl (C=O) groups excluding carboxylic acids is 2. The number of rotatable bonds is 6. The highest BCUT2D eigenvalue weighted by Gasteiger charge is 2.32. The lowest BCUT2D eigenvalue weighted by molar-refractivity contribution is -0.137. The van der Waals surface area contributed by atoms with Crippen LogP contribution in [0.15, 0.2) is 23.3 Å². The molecule has 2 amide bonds. The molecule has 0 spiro atoms. The fourth-order valence-corrected chi connectivity index (χ4v) is 3.37. The summed E-state index contributed by atoms with van der Waals surface area (Å²) in [4.78, 5) is 42.4. The summed E-state index contributed by atoms with van der Waals surface area (Å²) < 4.78 is 11.8. The molecule has 0 unspecified atom stereocenters. The highest BCUT2D eigenvalue weighted by atomic mass is 16.5. The van der Waals surface area contributed by atoms with Crippen molar-refractivity contribution in [1.82, 2.24) is 14.5 Å². The van der Waals surface area contributed by atoms with Gasteiger partial charge in [0.05, 0.1) is 31.4 Å². The van der Waals surface area contributed by atoms with Crippen LogP contribution in [-0.4, -0.2) is 53.1 Å². The zero-order valence-corrected chi connectivity index (χ0v) is 15.3. The second-order valence-corrected chi connectivity index (χ2v) is 6.36. The fourth-order valence-electron chi connectivity index (χ4n) is 3.37. The van der Waals surface area contributed by atoms with Crippen LogP contribution in [0.1, 0.15) is 19.3 Å². The van der Waals surface area contributed by atoms with Crippen LogP contribution in [0.2, 0.25) is 0 Å². The number of hydrogen-bond donors (Lipinski definition) is 1. The molecule has 144 valence electrons. The minimum Gasteiger partial charge on any atom is -0.493 e. The first-order valence-corrected chi connectivity index (χ1v) is 8.66. The van der Waals surface area contributed by atoms with Gasteiger partial charge in [0.2, 0.25) is 11.8 Å². The van der Waals surface area contributed by atoms with Crippen LogP contribution in [0, 0.1) is 0 Å². The smallest absolute Gasteiger partial charge is 0.261 e. The number of carbonyl (C=O) groups is 2. The van der Waals surface area contributed by atoms with Gasteiger partial charge in [-0.1, -0.05) is 0 Å². The van der Waals surface area contributed by atoms with E-state index in [4.69, 9.17) is 15.2 Å². The largest absolute Gasteiger partial charge is 0.493 e. The lowest BCUT2D eigenvalue weighted by Gasteiger charge is -2.22. The standard InChI is InChI=1S/C18H22N4O5/c1-26-14-8-11-12(9-15(14)27-2)20-10-21(18(11)25)7-5-16(23)22-6-3-4-13(22)17(19)24/h8-10,13H,3-7H2,1-2H3,(H2,19,24)/t13-/m0/s1. The predicted molar refractivity (Wildman–Crippen MR) is 97.7 cm³/mol. The number of hydrogen-bond acceptors (Lipinski definition) is 6. The maximum absolute atomic E-state index is 12.7. The van der Waals surface area contributed by atoms with Crippen LogP contribution < -0.4 is 20.8 Å². The number of likely N-dealkylation sites (tertiary alicyclic amines) is 1. The van der Waals surface area contributed by atoms with Crippen molar-refractivity contribution in [3.8, 4) is 11.5 Å². The molecule has 1 saturated heterocycles. The SMILES string of the molecule is COc1cc2ncn(CCC(=O)N3CCC[C@H]3C(N)=O)c(=O)c2cc1OC. The second-order valence-electron chi connectivity index (χ2n) is 6.36. The molecule has 0 aliphatic carbocycles. The monoisotopic (exact) mass is 374 g/mol. The van der Waals surface area contributed by atoms with E-state index in [2.05, 4.69) is 4.98 Å². The van der Waals surface area contributed by atoms with E-state index in [0.29, 0.717) is 35.4 Å². The van der Waals surface area contributed by atoms with E-state index in [-0.39, 0.29) is 24.4 Å². The molecule has 2 N–H and O–H groups in total. The lowest BCUT2D eigenvalue weighted by Crippen LogP contribution is -2.44. The van der Waals surface area contributed by atoms with Crippen molar-refractivity contribution in [3.63, 3.8) is 0 Å². The summed E-state index contributed by atoms with van der Waals surface area (Å²) in [5, 5.41) is 0.374. The van der Waals surface area contributed by atoms with Gasteiger partial charge in [0.15, 0.2) is 11.5 Å². The number of aryl methyl sites for hydroxylation is 1. The van der Waals surface area contributed by atoms with E-state index in [0.717, 1.165) is 6.42 Å². The maximum atomic E-state index is 12.7. The first kappa shape index (κ1) is 18.7. The fraction of sp³-hybridized carbons (Fsp3) is 0.444. The van der Waals surface area contributed by atoms with Crippen LogP contribution in [0.5, 0.6) is 11.5 Å². The molecule has 1 atom stereocenters. The van der Waals surface area contributed by atoms with Gasteiger partial charge in [0.1, 0.15) is 6.04 Å². The molecular weight excluding hydrogens is 352 g/mol. The van der Waals surface area contributed by atoms with Gasteiger partial charge < -0.3 is 20.1 Å². The van der Waals surface area contributed by atoms with Gasteiger partial charge in [-0.05, 0) is 18.9 Å². The summed E-state index contributed by atoms with van der Waals surface area (Å²) in [5.74, 6) is 0.220. The number of nitrogens with zero attached hydrogens (tertiary/aromatic N) is 3. The van der Waals surface area contributed by atoms with Gasteiger partial charge in [-0.15, -0.1) is 0 Å². The molecule has 2 heterocycles. The van der Waals surface area contributed by atoms with Crippen molar-refractivity contribution >= 4 is 22.7 Å². The number of amides is 2. The van der Waals surface area contributed by atoms with Gasteiger partial charge in [-0.2, -0.15) is 0 Å². The molecule has 1 aromatic carbocycles. The predicted octanol–water partition coefficient (Wildman–Crippen LogP) is 0.280. The van der Waals surface area contributed by atoms with Gasteiger partial charge in [-0.3, -0.25) is 19.0 Å². The van der Waals surface area contributed by atoms with Gasteiger partial charge in [-0.25, -0.2) is 4.98 Å². The van der Waals surface area contributed by atoms with E-state index in [9.17, 15) is 14.4 Å². The summed E-state index contributed by atoms with van der Waals surface area (Å²) in [6.07, 6.45) is 2.82. The van der Waals surface area contributed by atoms with Gasteiger partial charge >= 0.3 is 0 Å². The van der Waals surface area contributed by atoms with Crippen LogP contribution in [0.4, 0.5) is 0 Å². The summed E-state index contributed by atoms with van der Waals surface area (Å²) in [6, 6.07) is 2.65. The molecule has 1 fully saturated rings. The third kappa shape index (κ3) is 3.57. The van der Waals surface area contributed by atoms with Crippen molar-refractivity contribution in [1.29, 1.82) is 0 Å². The van der Waals surface area contributed by atoms with Crippen LogP contribution >= 0.6 is 0 Å². The molecule has 1 aromatic heterocycles. The Kier molecular flexibility index (Phi) is 5.29. The third-order valence-corrected chi connectivity index (χ3v) is 4.80. The number of nitrogens with two attached hydrogens (primary N) is 1. The number of ether oxygens (including phenoxy) is 2. The highest BCUT2D eigenvalue weighted by molar-refractivity contribution is 5.87. The molecule has 1 aliphatic heterocycles. The van der Waals surface area contributed by atoms with E-state index >= 15 is 0 Å². The Balaban J connectivity index is 1.81. The first-order chi connectivity index (χ1) is 13.0. The molecule has 27 heavy (non-hydrogen) atoms. The van der Waals surface area contributed by atoms with Gasteiger partial charge in [0.25, 0.3) is 5.56 Å². The second kappa shape index (κ2) is 7.65. The van der Waals surface area contributed by atoms with Crippen LogP contribution in [0.25, 0.3) is 10.9 Å². The topological polar surface area (TPSA) is 117 Å². The number of primary amides is 1. The molecule has 2 aromatic rings. The Morgan fingerprint density at radius 2 is 1.96 bits per heavy atom. The van der Waals surface area contributed by atoms with E-state index in [1.807, 2.05) is 0 Å². The molecule has 9 heteroatoms. The number of methoxy groups -OCH3 is 2. The van der Waals surface area contributed by atoms with Crippen LogP contribution in [-0.2, 0) is 16.1 Å². The van der Waals surface area contributed by atoms with Crippen molar-refractivity contribution < 1.29 is 19.1 Å². The Labute approximate surface area is 155 Å². The Bertz CT molecular complexity index is 939. The quantitative estimate of drug-likeness (QED) is 0.776. The average Bonchev–Trinajstić information content (AvgIpc) is 3.16. The molecule has 9 nitrogen and oxygen atoms in total. The van der Waals surface area contributed by atoms with Crippen molar-refractivity contribution in [2.75, 3.05) is 20.8 Å². The van der Waals surface area contributed by atoms with E-state index in [1.54, 1.807) is 12.1 Å². The summed E-state index contributed by atoms with van der Waals surface area (Å²) in [5.41, 5.74) is 5.55. The average molecular weight is 374 g/mol. The molecule has 1 aliphatic rings. The van der Waals surface area contributed by atoms with E-state index in [1.165, 1.54) is 30.0 Å². The maximum Gasteiger partial charge on any atom is 0.261 e. The van der Waals surface area contributed by atoms with E-state index < -0.39 is 11.9 Å². The van der Waals surface area contributed by atoms with Crippen molar-refractivity contribution in [2.24, 2.45) is 5.73 Å². The van der Waals surface area contributed by atoms with Gasteiger partial charge in [0, 0.05) is 25.6 Å². The Morgan fingerprint density at radius 3 is 2.63 bits per heavy atom. The molecule has 3 rings (SSSR count). The van der Waals surface area contributed by atoms with Crippen molar-refractivity contribution in [2.45, 2.75) is 31.8 Å². The summed E-state index contributed by atoms with van der Waals surface area (Å²) >= 11 is 0. The highest BCUT2D eigenvalue weighted by Crippen LogP contribution is 2.29. The zero-order chi connectivity index (χ0) is 19.6. The molecule has 0 saturated carbocycles. The lowest BCUT2D eigenvalue weighted by atomic mass is 10.2. The molecule has 0 bridgehead atoms. The summed E-state index contributed by atoms with van der Waals surface area (Å²) in [7, 11) is 3.00. The minimum atomic E-state index is -0.555. The van der Waals surface area contributed by atoms with Crippen molar-refractivity contribution in [3.05, 3.63) is 28.8 Å². The number of aromatic nitrogens is 2. The summed E-state index contributed by atoms with van der Waals surface area (Å²) in [6.45, 7) is 0.672. The van der Waals surface area contributed by atoms with Crippen LogP contribution in [0.3, 0.4) is 0 Å². The molecule has 0 radical (unpaired) electrons. The number of fused-ring (bicyclic) bond motifs is 1. The Morgan fingerprint density at radius 1 is 1.26 bits per heavy atom. The third-order valence-electron chi connectivity index (χ3n) is 4.80. The minimum absolute atomic E-state index is 0.0875. The first-order valence-electron chi connectivity index (χ1n) is 8.66. The number of benzene rings is 1. The molecular formula is C18H22N4O5. The normalized spacial score (nSPS) is 16.5.